The van der Waals surface area contributed by atoms with Gasteiger partial charge in [-0.3, -0.25) is 15.1 Å². The van der Waals surface area contributed by atoms with Crippen molar-refractivity contribution in [2.24, 2.45) is 0 Å². The first-order valence-corrected chi connectivity index (χ1v) is 7.09. The predicted molar refractivity (Wildman–Crippen MR) is 81.9 cm³/mol. The highest BCUT2D eigenvalue weighted by Gasteiger charge is 2.12. The van der Waals surface area contributed by atoms with Crippen molar-refractivity contribution in [2.45, 2.75) is 0 Å². The van der Waals surface area contributed by atoms with Gasteiger partial charge in [-0.15, -0.1) is 0 Å². The average Bonchev–Trinajstić information content (AvgIpc) is 3.04. The molecular weight excluding hydrogens is 302 g/mol. The number of nitrogens with one attached hydrogen (secondary N) is 1. The van der Waals surface area contributed by atoms with E-state index < -0.39 is 0 Å². The van der Waals surface area contributed by atoms with E-state index in [1.54, 1.807) is 7.11 Å². The number of hydrogen-bond acceptors (Lipinski definition) is 7. The second kappa shape index (κ2) is 6.27. The van der Waals surface area contributed by atoms with E-state index in [-0.39, 0.29) is 11.6 Å². The number of carbonyl (C=O) groups excluding carboxylic acids is 1. The van der Waals surface area contributed by atoms with E-state index in [1.807, 2.05) is 24.3 Å². The normalized spacial score (nSPS) is 10.2. The zero-order valence-corrected chi connectivity index (χ0v) is 12.4. The third kappa shape index (κ3) is 3.07. The molecule has 1 amide bonds. The maximum absolute atomic E-state index is 12.0. The first-order chi connectivity index (χ1) is 10.8. The molecule has 0 spiro atoms. The summed E-state index contributed by atoms with van der Waals surface area (Å²) in [5.41, 5.74) is 1.04. The lowest BCUT2D eigenvalue weighted by molar-refractivity contribution is 0.102. The summed E-state index contributed by atoms with van der Waals surface area (Å²) in [6.45, 7) is 0. The fraction of sp³-hybridized carbons (Fsp3) is 0.0714. The summed E-state index contributed by atoms with van der Waals surface area (Å²) in [5, 5.41) is 3.05. The van der Waals surface area contributed by atoms with E-state index in [0.29, 0.717) is 11.0 Å². The molecule has 0 saturated heterocycles. The SMILES string of the molecule is COc1cccc(-c2nsc(NC(=O)c3cnccn3)n2)c1. The Hall–Kier alpha value is -2.87. The molecule has 110 valence electrons. The number of methoxy groups -OCH3 is 1. The standard InChI is InChI=1S/C14H11N5O2S/c1-21-10-4-2-3-9(7-10)12-17-14(22-19-12)18-13(20)11-8-15-5-6-16-11/h2-8H,1H3,(H,17,18,19,20). The molecule has 3 aromatic rings. The van der Waals surface area contributed by atoms with Crippen LogP contribution >= 0.6 is 11.5 Å². The zero-order valence-electron chi connectivity index (χ0n) is 11.6. The number of anilines is 1. The number of nitrogens with zero attached hydrogens (tertiary/aromatic N) is 4. The first-order valence-electron chi connectivity index (χ1n) is 6.32. The molecule has 1 aromatic carbocycles. The van der Waals surface area contributed by atoms with E-state index >= 15 is 0 Å². The van der Waals surface area contributed by atoms with Crippen LogP contribution in [0.15, 0.2) is 42.9 Å². The molecule has 1 N–H and O–H groups in total. The summed E-state index contributed by atoms with van der Waals surface area (Å²) in [6, 6.07) is 7.40. The van der Waals surface area contributed by atoms with Crippen LogP contribution in [0.1, 0.15) is 10.5 Å². The monoisotopic (exact) mass is 313 g/mol. The number of aromatic nitrogens is 4. The van der Waals surface area contributed by atoms with E-state index in [4.69, 9.17) is 4.74 Å². The van der Waals surface area contributed by atoms with Crippen LogP contribution in [0.5, 0.6) is 5.75 Å². The fourth-order valence-electron chi connectivity index (χ4n) is 1.73. The number of benzene rings is 1. The molecule has 3 rings (SSSR count). The Morgan fingerprint density at radius 2 is 2.23 bits per heavy atom. The number of hydrogen-bond donors (Lipinski definition) is 1. The average molecular weight is 313 g/mol. The molecule has 0 radical (unpaired) electrons. The number of rotatable bonds is 4. The van der Waals surface area contributed by atoms with Gasteiger partial charge in [0.2, 0.25) is 5.13 Å². The molecular formula is C14H11N5O2S. The van der Waals surface area contributed by atoms with E-state index in [0.717, 1.165) is 22.8 Å². The van der Waals surface area contributed by atoms with Crippen LogP contribution in [0.2, 0.25) is 0 Å². The van der Waals surface area contributed by atoms with Crippen molar-refractivity contribution >= 4 is 22.6 Å². The zero-order chi connectivity index (χ0) is 15.4. The summed E-state index contributed by atoms with van der Waals surface area (Å²) < 4.78 is 9.40. The molecule has 0 aliphatic carbocycles. The van der Waals surface area contributed by atoms with E-state index in [9.17, 15) is 4.79 Å². The molecule has 22 heavy (non-hydrogen) atoms. The van der Waals surface area contributed by atoms with Crippen molar-refractivity contribution in [3.05, 3.63) is 48.5 Å². The second-order valence-electron chi connectivity index (χ2n) is 4.20. The van der Waals surface area contributed by atoms with Crippen LogP contribution in [0.4, 0.5) is 5.13 Å². The van der Waals surface area contributed by atoms with Gasteiger partial charge in [-0.25, -0.2) is 4.98 Å². The highest BCUT2D eigenvalue weighted by molar-refractivity contribution is 7.10. The van der Waals surface area contributed by atoms with Crippen molar-refractivity contribution in [3.8, 4) is 17.1 Å². The Labute approximate surface area is 130 Å². The lowest BCUT2D eigenvalue weighted by atomic mass is 10.2. The Morgan fingerprint density at radius 1 is 1.32 bits per heavy atom. The van der Waals surface area contributed by atoms with Gasteiger partial charge >= 0.3 is 0 Å². The van der Waals surface area contributed by atoms with Gasteiger partial charge < -0.3 is 4.74 Å². The molecule has 0 bridgehead atoms. The van der Waals surface area contributed by atoms with Crippen molar-refractivity contribution in [3.63, 3.8) is 0 Å². The van der Waals surface area contributed by atoms with Gasteiger partial charge in [0.25, 0.3) is 5.91 Å². The van der Waals surface area contributed by atoms with E-state index in [1.165, 1.54) is 18.6 Å². The maximum atomic E-state index is 12.0. The van der Waals surface area contributed by atoms with Gasteiger partial charge in [0.15, 0.2) is 5.82 Å². The van der Waals surface area contributed by atoms with Crippen molar-refractivity contribution in [1.82, 2.24) is 19.3 Å². The number of ether oxygens (including phenoxy) is 1. The topological polar surface area (TPSA) is 89.9 Å². The van der Waals surface area contributed by atoms with Gasteiger partial charge in [0.1, 0.15) is 11.4 Å². The molecule has 7 nitrogen and oxygen atoms in total. The van der Waals surface area contributed by atoms with Crippen LogP contribution in [0.25, 0.3) is 11.4 Å². The minimum atomic E-state index is -0.374. The number of amides is 1. The molecule has 0 unspecified atom stereocenters. The van der Waals surface area contributed by atoms with Gasteiger partial charge in [0, 0.05) is 29.5 Å². The molecule has 8 heteroatoms. The lowest BCUT2D eigenvalue weighted by Gasteiger charge is -2.01. The van der Waals surface area contributed by atoms with Crippen molar-refractivity contribution < 1.29 is 9.53 Å². The van der Waals surface area contributed by atoms with Gasteiger partial charge in [0.05, 0.1) is 13.3 Å². The molecule has 0 aliphatic rings. The van der Waals surface area contributed by atoms with Gasteiger partial charge in [-0.1, -0.05) is 12.1 Å². The predicted octanol–water partition coefficient (Wildman–Crippen LogP) is 2.26. The maximum Gasteiger partial charge on any atom is 0.277 e. The summed E-state index contributed by atoms with van der Waals surface area (Å²) in [5.74, 6) is 0.872. The first kappa shape index (κ1) is 14.1. The van der Waals surface area contributed by atoms with Crippen LogP contribution in [-0.4, -0.2) is 32.3 Å². The lowest BCUT2D eigenvalue weighted by Crippen LogP contribution is -2.13. The number of carbonyl (C=O) groups is 1. The van der Waals surface area contributed by atoms with Crippen LogP contribution in [0.3, 0.4) is 0 Å². The van der Waals surface area contributed by atoms with Crippen molar-refractivity contribution in [1.29, 1.82) is 0 Å². The second-order valence-corrected chi connectivity index (χ2v) is 4.95. The highest BCUT2D eigenvalue weighted by Crippen LogP contribution is 2.24. The summed E-state index contributed by atoms with van der Waals surface area (Å²) >= 11 is 1.10. The van der Waals surface area contributed by atoms with Crippen LogP contribution < -0.4 is 10.1 Å². The summed E-state index contributed by atoms with van der Waals surface area (Å²) in [6.07, 6.45) is 4.35. The molecule has 2 heterocycles. The molecule has 2 aromatic heterocycles. The fourth-order valence-corrected chi connectivity index (χ4v) is 2.32. The molecule has 0 aliphatic heterocycles. The molecule has 0 atom stereocenters. The largest absolute Gasteiger partial charge is 0.497 e. The van der Waals surface area contributed by atoms with Crippen LogP contribution in [-0.2, 0) is 0 Å². The third-order valence-electron chi connectivity index (χ3n) is 2.77. The van der Waals surface area contributed by atoms with E-state index in [2.05, 4.69) is 24.6 Å². The highest BCUT2D eigenvalue weighted by atomic mass is 32.1. The Kier molecular flexibility index (Phi) is 4.01. The third-order valence-corrected chi connectivity index (χ3v) is 3.40. The quantitative estimate of drug-likeness (QED) is 0.794. The minimum absolute atomic E-state index is 0.223. The minimum Gasteiger partial charge on any atom is -0.497 e. The molecule has 0 saturated carbocycles. The molecule has 0 fully saturated rings. The summed E-state index contributed by atoms with van der Waals surface area (Å²) in [4.78, 5) is 24.0. The Bertz CT molecular complexity index is 791. The van der Waals surface area contributed by atoms with Crippen molar-refractivity contribution in [2.75, 3.05) is 12.4 Å². The smallest absolute Gasteiger partial charge is 0.277 e. The summed E-state index contributed by atoms with van der Waals surface area (Å²) in [7, 11) is 1.60. The Morgan fingerprint density at radius 3 is 3.00 bits per heavy atom. The Balaban J connectivity index is 1.78. The van der Waals surface area contributed by atoms with Gasteiger partial charge in [-0.05, 0) is 12.1 Å². The van der Waals surface area contributed by atoms with Crippen LogP contribution in [0, 0.1) is 0 Å². The van der Waals surface area contributed by atoms with Gasteiger partial charge in [-0.2, -0.15) is 9.36 Å².